The van der Waals surface area contributed by atoms with Crippen molar-refractivity contribution in [3.8, 4) is 0 Å². The second-order valence-electron chi connectivity index (χ2n) is 7.51. The Morgan fingerprint density at radius 2 is 1.97 bits per heavy atom. The van der Waals surface area contributed by atoms with E-state index in [9.17, 15) is 9.59 Å². The molecule has 1 aliphatic rings. The third-order valence-corrected chi connectivity index (χ3v) is 5.42. The van der Waals surface area contributed by atoms with Crippen LogP contribution >= 0.6 is 0 Å². The van der Waals surface area contributed by atoms with Crippen LogP contribution in [0, 0.1) is 6.92 Å². The molecule has 1 aliphatic heterocycles. The second kappa shape index (κ2) is 8.48. The van der Waals surface area contributed by atoms with Crippen LogP contribution in [0.5, 0.6) is 0 Å². The molecule has 0 bridgehead atoms. The molecule has 1 saturated heterocycles. The van der Waals surface area contributed by atoms with Gasteiger partial charge in [0.2, 0.25) is 5.91 Å². The molecule has 3 aromatic rings. The van der Waals surface area contributed by atoms with Crippen LogP contribution in [0.1, 0.15) is 40.2 Å². The van der Waals surface area contributed by atoms with Crippen molar-refractivity contribution in [1.82, 2.24) is 34.5 Å². The van der Waals surface area contributed by atoms with Crippen LogP contribution in [0.4, 0.5) is 0 Å². The maximum atomic E-state index is 13.3. The minimum Gasteiger partial charge on any atom is -0.341 e. The van der Waals surface area contributed by atoms with E-state index in [0.29, 0.717) is 49.8 Å². The van der Waals surface area contributed by atoms with Gasteiger partial charge in [-0.1, -0.05) is 30.3 Å². The maximum absolute atomic E-state index is 13.3. The lowest BCUT2D eigenvalue weighted by molar-refractivity contribution is -0.130. The average Bonchev–Trinajstić information content (AvgIpc) is 3.29. The van der Waals surface area contributed by atoms with Gasteiger partial charge in [-0.25, -0.2) is 9.97 Å². The van der Waals surface area contributed by atoms with Crippen LogP contribution < -0.4 is 0 Å². The molecule has 1 N–H and O–H groups in total. The van der Waals surface area contributed by atoms with Crippen LogP contribution in [-0.4, -0.2) is 66.0 Å². The Morgan fingerprint density at radius 3 is 2.63 bits per heavy atom. The highest BCUT2D eigenvalue weighted by Gasteiger charge is 2.34. The summed E-state index contributed by atoms with van der Waals surface area (Å²) in [5, 5.41) is 7.16. The Kier molecular flexibility index (Phi) is 5.60. The zero-order chi connectivity index (χ0) is 21.1. The topological polar surface area (TPSA) is 100 Å². The first-order valence-corrected chi connectivity index (χ1v) is 10.0. The Hall–Kier alpha value is -3.49. The van der Waals surface area contributed by atoms with Gasteiger partial charge in [0.05, 0.1) is 25.0 Å². The SMILES string of the molecule is Cc1nc(C2CCN(C(=O)Cc3ccccc3)CCN2C(=O)c2cncn2C)n[nH]1. The molecule has 4 rings (SSSR count). The number of hydrogen-bond acceptors (Lipinski definition) is 5. The second-order valence-corrected chi connectivity index (χ2v) is 7.51. The molecule has 0 radical (unpaired) electrons. The van der Waals surface area contributed by atoms with Gasteiger partial charge in [-0.05, 0) is 18.9 Å². The highest BCUT2D eigenvalue weighted by molar-refractivity contribution is 5.92. The molecule has 9 nitrogen and oxygen atoms in total. The van der Waals surface area contributed by atoms with Gasteiger partial charge in [-0.15, -0.1) is 0 Å². The number of nitrogens with one attached hydrogen (secondary N) is 1. The highest BCUT2D eigenvalue weighted by atomic mass is 16.2. The average molecular weight is 407 g/mol. The Morgan fingerprint density at radius 1 is 1.17 bits per heavy atom. The number of carbonyl (C=O) groups excluding carboxylic acids is 2. The number of aromatic amines is 1. The number of carbonyl (C=O) groups is 2. The van der Waals surface area contributed by atoms with E-state index in [1.165, 1.54) is 0 Å². The van der Waals surface area contributed by atoms with Gasteiger partial charge in [-0.2, -0.15) is 5.10 Å². The van der Waals surface area contributed by atoms with Crippen molar-refractivity contribution < 1.29 is 9.59 Å². The first-order valence-electron chi connectivity index (χ1n) is 10.0. The largest absolute Gasteiger partial charge is 0.341 e. The molecule has 2 amide bonds. The van der Waals surface area contributed by atoms with Gasteiger partial charge >= 0.3 is 0 Å². The predicted octanol–water partition coefficient (Wildman–Crippen LogP) is 1.51. The summed E-state index contributed by atoms with van der Waals surface area (Å²) in [6.45, 7) is 3.24. The lowest BCUT2D eigenvalue weighted by atomic mass is 10.1. The Balaban J connectivity index is 1.56. The van der Waals surface area contributed by atoms with Gasteiger partial charge in [0.15, 0.2) is 5.82 Å². The summed E-state index contributed by atoms with van der Waals surface area (Å²) in [6.07, 6.45) is 4.08. The molecular formula is C21H25N7O2. The van der Waals surface area contributed by atoms with Gasteiger partial charge in [0, 0.05) is 26.7 Å². The van der Waals surface area contributed by atoms with E-state index in [-0.39, 0.29) is 17.9 Å². The lowest BCUT2D eigenvalue weighted by Gasteiger charge is -2.27. The van der Waals surface area contributed by atoms with Crippen LogP contribution in [-0.2, 0) is 18.3 Å². The lowest BCUT2D eigenvalue weighted by Crippen LogP contribution is -2.39. The minimum atomic E-state index is -0.313. The smallest absolute Gasteiger partial charge is 0.272 e. The first-order chi connectivity index (χ1) is 14.5. The number of H-pyrrole nitrogens is 1. The molecule has 1 unspecified atom stereocenters. The number of nitrogens with zero attached hydrogens (tertiary/aromatic N) is 6. The summed E-state index contributed by atoms with van der Waals surface area (Å²) in [4.78, 5) is 38.3. The van der Waals surface area contributed by atoms with Crippen molar-refractivity contribution in [2.45, 2.75) is 25.8 Å². The summed E-state index contributed by atoms with van der Waals surface area (Å²) >= 11 is 0. The number of benzene rings is 1. The summed E-state index contributed by atoms with van der Waals surface area (Å²) in [5.74, 6) is 1.18. The number of aromatic nitrogens is 5. The maximum Gasteiger partial charge on any atom is 0.272 e. The van der Waals surface area contributed by atoms with Crippen molar-refractivity contribution in [2.24, 2.45) is 7.05 Å². The molecule has 0 aliphatic carbocycles. The molecule has 1 aromatic carbocycles. The molecule has 3 heterocycles. The molecule has 9 heteroatoms. The highest BCUT2D eigenvalue weighted by Crippen LogP contribution is 2.26. The third kappa shape index (κ3) is 4.10. The summed E-state index contributed by atoms with van der Waals surface area (Å²) in [6, 6.07) is 9.39. The van der Waals surface area contributed by atoms with E-state index < -0.39 is 0 Å². The van der Waals surface area contributed by atoms with Gasteiger partial charge < -0.3 is 14.4 Å². The Bertz CT molecular complexity index is 1030. The van der Waals surface area contributed by atoms with Crippen LogP contribution in [0.2, 0.25) is 0 Å². The number of hydrogen-bond donors (Lipinski definition) is 1. The van der Waals surface area contributed by atoms with E-state index in [1.54, 1.807) is 29.0 Å². The Labute approximate surface area is 174 Å². The number of amides is 2. The van der Waals surface area contributed by atoms with Crippen molar-refractivity contribution in [1.29, 1.82) is 0 Å². The van der Waals surface area contributed by atoms with Gasteiger partial charge in [0.1, 0.15) is 11.5 Å². The number of imidazole rings is 1. The van der Waals surface area contributed by atoms with Crippen LogP contribution in [0.15, 0.2) is 42.9 Å². The monoisotopic (exact) mass is 407 g/mol. The van der Waals surface area contributed by atoms with E-state index in [2.05, 4.69) is 20.2 Å². The summed E-state index contributed by atoms with van der Waals surface area (Å²) < 4.78 is 1.70. The van der Waals surface area contributed by atoms with Crippen molar-refractivity contribution in [2.75, 3.05) is 19.6 Å². The normalized spacial score (nSPS) is 17.1. The third-order valence-electron chi connectivity index (χ3n) is 5.42. The zero-order valence-electron chi connectivity index (χ0n) is 17.2. The molecule has 1 fully saturated rings. The van der Waals surface area contributed by atoms with Gasteiger partial charge in [0.25, 0.3) is 5.91 Å². The molecule has 1 atom stereocenters. The quantitative estimate of drug-likeness (QED) is 0.707. The summed E-state index contributed by atoms with van der Waals surface area (Å²) in [5.41, 5.74) is 1.48. The zero-order valence-corrected chi connectivity index (χ0v) is 17.2. The fraction of sp³-hybridized carbons (Fsp3) is 0.381. The van der Waals surface area contributed by atoms with Gasteiger partial charge in [-0.3, -0.25) is 14.7 Å². The molecule has 2 aromatic heterocycles. The molecule has 156 valence electrons. The molecular weight excluding hydrogens is 382 g/mol. The minimum absolute atomic E-state index is 0.0564. The fourth-order valence-electron chi connectivity index (χ4n) is 3.79. The van der Waals surface area contributed by atoms with Crippen LogP contribution in [0.25, 0.3) is 0 Å². The van der Waals surface area contributed by atoms with E-state index in [4.69, 9.17) is 0 Å². The van der Waals surface area contributed by atoms with Crippen molar-refractivity contribution >= 4 is 11.8 Å². The fourth-order valence-corrected chi connectivity index (χ4v) is 3.79. The van der Waals surface area contributed by atoms with Crippen LogP contribution in [0.3, 0.4) is 0 Å². The predicted molar refractivity (Wildman–Crippen MR) is 109 cm³/mol. The molecule has 30 heavy (non-hydrogen) atoms. The number of rotatable bonds is 4. The molecule has 0 spiro atoms. The molecule has 0 saturated carbocycles. The van der Waals surface area contributed by atoms with E-state index >= 15 is 0 Å². The van der Waals surface area contributed by atoms with Crippen molar-refractivity contribution in [3.63, 3.8) is 0 Å². The standard InChI is InChI=1S/C21H25N7O2/c1-15-23-20(25-24-15)17-8-9-27(19(29)12-16-6-4-3-5-7-16)10-11-28(17)21(30)18-13-22-14-26(18)2/h3-7,13-14,17H,8-12H2,1-2H3,(H,23,24,25). The summed E-state index contributed by atoms with van der Waals surface area (Å²) in [7, 11) is 1.79. The number of aryl methyl sites for hydroxylation is 2. The first kappa shape index (κ1) is 19.8. The van der Waals surface area contributed by atoms with E-state index in [1.807, 2.05) is 42.2 Å². The van der Waals surface area contributed by atoms with Crippen molar-refractivity contribution in [3.05, 3.63) is 65.8 Å². The van der Waals surface area contributed by atoms with E-state index in [0.717, 1.165) is 5.56 Å².